The van der Waals surface area contributed by atoms with E-state index in [1.54, 1.807) is 30.9 Å². The number of likely N-dealkylation sites (tertiary alicyclic amines) is 2. The summed E-state index contributed by atoms with van der Waals surface area (Å²) < 4.78 is 57.0. The number of aromatic amines is 1. The second-order valence-electron chi connectivity index (χ2n) is 18.4. The Morgan fingerprint density at radius 3 is 2.35 bits per heavy atom. The number of ether oxygens (including phenoxy) is 3. The van der Waals surface area contributed by atoms with Gasteiger partial charge in [0.15, 0.2) is 0 Å². The number of anilines is 1. The number of alkyl carbamates (subject to hydrolysis) is 1. The Balaban J connectivity index is 0.00000210. The maximum atomic E-state index is 14.3. The zero-order valence-electron chi connectivity index (χ0n) is 37.9. The van der Waals surface area contributed by atoms with Crippen LogP contribution in [0.1, 0.15) is 64.7 Å². The van der Waals surface area contributed by atoms with Gasteiger partial charge in [-0.25, -0.2) is 9.78 Å². The summed E-state index contributed by atoms with van der Waals surface area (Å²) in [6, 6.07) is 13.5. The van der Waals surface area contributed by atoms with Crippen molar-refractivity contribution in [2.75, 3.05) is 77.6 Å². The number of aromatic nitrogens is 2. The maximum absolute atomic E-state index is 14.3. The van der Waals surface area contributed by atoms with Gasteiger partial charge in [0, 0.05) is 87.8 Å². The third kappa shape index (κ3) is 10.8. The largest absolute Gasteiger partial charge is 0.573 e. The number of alkyl halides is 3. The van der Waals surface area contributed by atoms with Crippen LogP contribution in [0.25, 0.3) is 32.9 Å². The Hall–Kier alpha value is -5.66. The number of halogens is 3. The number of hydrogen-bond acceptors (Lipinski definition) is 11. The fourth-order valence-corrected chi connectivity index (χ4v) is 9.92. The standard InChI is InChI=1S/C46H58F3N7O7.CH3NO/c1-28-23-37(56(26-28)42(58)39(52-44(60)61-4)29-13-21-62-22-14-29)41-50-36-10-6-31-24-30(5-8-35(31)40(36)51-41)34-9-7-33(25-38(34)63-46(47,48)49)54-19-17-53(18-20-54)32-11-15-55(16-12-32)43(59)45(2,3)27-57;2-1-3/h5-10,24-25,28-29,32,37,39,57H,11-23,26-27H2,1-4H3,(H,50,51)(H,52,60);1H,(H2,2,3). The number of carbonyl (C=O) groups excluding carboxylic acids is 4. The first-order chi connectivity index (χ1) is 31.5. The van der Waals surface area contributed by atoms with Crippen molar-refractivity contribution in [3.8, 4) is 16.9 Å². The number of methoxy groups -OCH3 is 1. The molecule has 3 atom stereocenters. The van der Waals surface area contributed by atoms with Gasteiger partial charge in [0.25, 0.3) is 0 Å². The fraction of sp³-hybridized carbons (Fsp3) is 0.553. The number of amides is 4. The second-order valence-corrected chi connectivity index (χ2v) is 18.4. The lowest BCUT2D eigenvalue weighted by Crippen LogP contribution is -2.55. The van der Waals surface area contributed by atoms with Crippen LogP contribution in [-0.2, 0) is 23.9 Å². The van der Waals surface area contributed by atoms with Crippen LogP contribution in [0.3, 0.4) is 0 Å². The number of benzene rings is 3. The number of aliphatic hydroxyl groups excluding tert-OH is 1. The zero-order chi connectivity index (χ0) is 47.3. The molecule has 0 spiro atoms. The summed E-state index contributed by atoms with van der Waals surface area (Å²) in [7, 11) is 1.28. The summed E-state index contributed by atoms with van der Waals surface area (Å²) in [6.45, 7) is 10.9. The number of nitrogens with zero attached hydrogens (tertiary/aromatic N) is 5. The van der Waals surface area contributed by atoms with E-state index < -0.39 is 23.9 Å². The lowest BCUT2D eigenvalue weighted by Gasteiger charge is -2.44. The highest BCUT2D eigenvalue weighted by Crippen LogP contribution is 2.41. The minimum absolute atomic E-state index is 0.0359. The highest BCUT2D eigenvalue weighted by molar-refractivity contribution is 6.05. The molecule has 66 heavy (non-hydrogen) atoms. The van der Waals surface area contributed by atoms with E-state index in [0.29, 0.717) is 99.4 Å². The molecule has 4 fully saturated rings. The lowest BCUT2D eigenvalue weighted by molar-refractivity contribution is -0.274. The number of piperazine rings is 1. The van der Waals surface area contributed by atoms with Gasteiger partial charge in [0.05, 0.1) is 36.2 Å². The Morgan fingerprint density at radius 2 is 1.70 bits per heavy atom. The molecule has 4 amide bonds. The Bertz CT molecular complexity index is 2360. The number of nitrogens with two attached hydrogens (primary N) is 1. The summed E-state index contributed by atoms with van der Waals surface area (Å²) in [5.74, 6) is 0.202. The molecule has 0 aliphatic carbocycles. The number of aliphatic hydroxyl groups is 1. The van der Waals surface area contributed by atoms with Crippen molar-refractivity contribution in [2.24, 2.45) is 23.0 Å². The summed E-state index contributed by atoms with van der Waals surface area (Å²) >= 11 is 0. The minimum Gasteiger partial charge on any atom is -0.453 e. The highest BCUT2D eigenvalue weighted by atomic mass is 19.4. The average Bonchev–Trinajstić information content (AvgIpc) is 3.94. The van der Waals surface area contributed by atoms with Crippen molar-refractivity contribution in [1.82, 2.24) is 30.0 Å². The number of H-pyrrole nitrogens is 1. The number of primary amides is 1. The van der Waals surface area contributed by atoms with E-state index in [4.69, 9.17) is 19.3 Å². The molecule has 4 aliphatic rings. The normalized spacial score (nSPS) is 20.8. The van der Waals surface area contributed by atoms with Gasteiger partial charge in [0.2, 0.25) is 18.2 Å². The van der Waals surface area contributed by atoms with Crippen molar-refractivity contribution in [3.63, 3.8) is 0 Å². The monoisotopic (exact) mass is 922 g/mol. The number of imidazole rings is 1. The Labute approximate surface area is 381 Å². The van der Waals surface area contributed by atoms with E-state index in [1.807, 2.05) is 35.2 Å². The number of piperidine rings is 1. The molecule has 358 valence electrons. The van der Waals surface area contributed by atoms with E-state index in [0.717, 1.165) is 42.2 Å². The molecule has 16 nitrogen and oxygen atoms in total. The van der Waals surface area contributed by atoms with Crippen LogP contribution in [0.4, 0.5) is 23.7 Å². The maximum Gasteiger partial charge on any atom is 0.573 e. The fourth-order valence-electron chi connectivity index (χ4n) is 9.92. The van der Waals surface area contributed by atoms with Crippen LogP contribution in [0, 0.1) is 17.3 Å². The van der Waals surface area contributed by atoms with Crippen LogP contribution >= 0.6 is 0 Å². The third-order valence-electron chi connectivity index (χ3n) is 13.5. The average molecular weight is 923 g/mol. The molecule has 4 aromatic rings. The number of carbonyl (C=O) groups is 4. The van der Waals surface area contributed by atoms with Crippen LogP contribution in [0.5, 0.6) is 5.75 Å². The van der Waals surface area contributed by atoms with Crippen molar-refractivity contribution in [1.29, 1.82) is 0 Å². The zero-order valence-corrected chi connectivity index (χ0v) is 37.9. The highest BCUT2D eigenvalue weighted by Gasteiger charge is 2.42. The molecule has 0 saturated carbocycles. The topological polar surface area (TPSA) is 196 Å². The Morgan fingerprint density at radius 1 is 1.00 bits per heavy atom. The summed E-state index contributed by atoms with van der Waals surface area (Å²) in [6.07, 6.45) is -1.71. The van der Waals surface area contributed by atoms with Gasteiger partial charge in [0.1, 0.15) is 17.6 Å². The van der Waals surface area contributed by atoms with Gasteiger partial charge in [-0.2, -0.15) is 0 Å². The van der Waals surface area contributed by atoms with Crippen molar-refractivity contribution in [2.45, 2.75) is 77.4 Å². The van der Waals surface area contributed by atoms with Crippen molar-refractivity contribution < 1.29 is 51.7 Å². The molecule has 3 aromatic carbocycles. The second kappa shape index (κ2) is 20.5. The summed E-state index contributed by atoms with van der Waals surface area (Å²) in [4.78, 5) is 64.7. The van der Waals surface area contributed by atoms with Crippen LogP contribution in [0.15, 0.2) is 48.5 Å². The number of hydrogen-bond donors (Lipinski definition) is 4. The molecule has 19 heteroatoms. The van der Waals surface area contributed by atoms with E-state index in [-0.39, 0.29) is 48.5 Å². The first-order valence-corrected chi connectivity index (χ1v) is 22.6. The van der Waals surface area contributed by atoms with E-state index in [9.17, 15) is 32.7 Å². The molecule has 0 bridgehead atoms. The lowest BCUT2D eigenvalue weighted by atomic mass is 9.90. The molecule has 3 unspecified atom stereocenters. The molecule has 5 heterocycles. The minimum atomic E-state index is -4.91. The van der Waals surface area contributed by atoms with Gasteiger partial charge in [-0.05, 0) is 93.0 Å². The third-order valence-corrected chi connectivity index (χ3v) is 13.5. The van der Waals surface area contributed by atoms with Crippen molar-refractivity contribution in [3.05, 3.63) is 54.4 Å². The molecule has 8 rings (SSSR count). The van der Waals surface area contributed by atoms with Crippen LogP contribution < -0.4 is 20.7 Å². The van der Waals surface area contributed by atoms with Gasteiger partial charge in [-0.1, -0.05) is 25.1 Å². The molecule has 0 radical (unpaired) electrons. The number of rotatable bonds is 10. The predicted octanol–water partition coefficient (Wildman–Crippen LogP) is 5.58. The Kier molecular flexibility index (Phi) is 15.0. The first kappa shape index (κ1) is 48.3. The SMILES string of the molecule is COC(=O)NC(C(=O)N1CC(C)CC1c1nc2c(ccc3cc(-c4ccc(N5CCN(C6CCN(C(=O)C(C)(C)CO)CC6)CC5)cc4OC(F)(F)F)ccc32)[nH]1)C1CCOCC1.NC=O. The van der Waals surface area contributed by atoms with Gasteiger partial charge < -0.3 is 50.1 Å². The summed E-state index contributed by atoms with van der Waals surface area (Å²) in [5.41, 5.74) is 6.31. The molecule has 4 aliphatic heterocycles. The molecule has 5 N–H and O–H groups in total. The van der Waals surface area contributed by atoms with E-state index in [1.165, 1.54) is 13.2 Å². The molecule has 4 saturated heterocycles. The number of nitrogens with one attached hydrogen (secondary N) is 2. The van der Waals surface area contributed by atoms with Crippen molar-refractivity contribution >= 4 is 51.8 Å². The predicted molar refractivity (Wildman–Crippen MR) is 241 cm³/mol. The van der Waals surface area contributed by atoms with Crippen LogP contribution in [0.2, 0.25) is 0 Å². The molecular weight excluding hydrogens is 862 g/mol. The summed E-state index contributed by atoms with van der Waals surface area (Å²) in [5, 5.41) is 14.0. The smallest absolute Gasteiger partial charge is 0.453 e. The van der Waals surface area contributed by atoms with E-state index >= 15 is 0 Å². The molecule has 1 aromatic heterocycles. The van der Waals surface area contributed by atoms with Crippen LogP contribution in [-0.4, -0.2) is 145 Å². The molecular formula is C47H61F3N8O8. The number of fused-ring (bicyclic) bond motifs is 3. The van der Waals surface area contributed by atoms with Gasteiger partial charge in [-0.3, -0.25) is 19.3 Å². The quantitative estimate of drug-likeness (QED) is 0.145. The van der Waals surface area contributed by atoms with Gasteiger partial charge in [-0.15, -0.1) is 13.2 Å². The van der Waals surface area contributed by atoms with E-state index in [2.05, 4.69) is 37.5 Å². The first-order valence-electron chi connectivity index (χ1n) is 22.6. The van der Waals surface area contributed by atoms with Gasteiger partial charge >= 0.3 is 12.5 Å².